The molecule has 2 aromatic heterocycles. The first-order valence-corrected chi connectivity index (χ1v) is 10.6. The molecule has 0 unspecified atom stereocenters. The van der Waals surface area contributed by atoms with Gasteiger partial charge in [0.2, 0.25) is 5.88 Å². The highest BCUT2D eigenvalue weighted by Gasteiger charge is 2.18. The molecule has 7 nitrogen and oxygen atoms in total. The Balaban J connectivity index is 1.69. The highest BCUT2D eigenvalue weighted by atomic mass is 16.3. The highest BCUT2D eigenvalue weighted by molar-refractivity contribution is 5.87. The number of H-pyrrole nitrogens is 1. The Morgan fingerprint density at radius 2 is 1.91 bits per heavy atom. The Bertz CT molecular complexity index is 1440. The zero-order chi connectivity index (χ0) is 23.5. The zero-order valence-electron chi connectivity index (χ0n) is 18.8. The number of hydrogen-bond donors (Lipinski definition) is 2. The molecule has 0 radical (unpaired) electrons. The number of aryl methyl sites for hydroxylation is 1. The van der Waals surface area contributed by atoms with Crippen molar-refractivity contribution in [2.45, 2.75) is 19.9 Å². The van der Waals surface area contributed by atoms with E-state index in [1.807, 2.05) is 79.8 Å². The maximum atomic E-state index is 12.9. The van der Waals surface area contributed by atoms with E-state index in [0.29, 0.717) is 23.2 Å². The summed E-state index contributed by atoms with van der Waals surface area (Å²) in [5.74, 6) is -0.190. The number of nitriles is 1. The highest BCUT2D eigenvalue weighted by Crippen LogP contribution is 2.24. The van der Waals surface area contributed by atoms with E-state index in [2.05, 4.69) is 9.98 Å². The smallest absolute Gasteiger partial charge is 0.271 e. The lowest BCUT2D eigenvalue weighted by molar-refractivity contribution is 0.404. The van der Waals surface area contributed by atoms with Crippen molar-refractivity contribution in [2.75, 3.05) is 19.0 Å². The van der Waals surface area contributed by atoms with Crippen molar-refractivity contribution in [2.24, 2.45) is 4.99 Å². The maximum absolute atomic E-state index is 12.9. The molecule has 0 aliphatic rings. The third-order valence-electron chi connectivity index (χ3n) is 5.83. The van der Waals surface area contributed by atoms with Crippen molar-refractivity contribution in [3.8, 4) is 11.9 Å². The molecule has 166 valence electrons. The van der Waals surface area contributed by atoms with Crippen LogP contribution in [0.3, 0.4) is 0 Å². The van der Waals surface area contributed by atoms with Crippen molar-refractivity contribution < 1.29 is 5.11 Å². The lowest BCUT2D eigenvalue weighted by Gasteiger charge is -2.14. The van der Waals surface area contributed by atoms with Crippen LogP contribution in [-0.2, 0) is 13.0 Å². The van der Waals surface area contributed by atoms with Gasteiger partial charge in [0.05, 0.1) is 11.3 Å². The van der Waals surface area contributed by atoms with E-state index in [9.17, 15) is 15.2 Å². The van der Waals surface area contributed by atoms with Gasteiger partial charge < -0.3 is 15.0 Å². The van der Waals surface area contributed by atoms with Crippen molar-refractivity contribution in [1.29, 1.82) is 5.26 Å². The Morgan fingerprint density at radius 1 is 1.18 bits per heavy atom. The summed E-state index contributed by atoms with van der Waals surface area (Å²) < 4.78 is 1.25. The summed E-state index contributed by atoms with van der Waals surface area (Å²) in [5.41, 5.74) is 4.08. The Morgan fingerprint density at radius 3 is 2.61 bits per heavy atom. The molecule has 0 aliphatic carbocycles. The molecule has 0 aliphatic heterocycles. The predicted molar refractivity (Wildman–Crippen MR) is 132 cm³/mol. The third-order valence-corrected chi connectivity index (χ3v) is 5.83. The first kappa shape index (κ1) is 21.9. The second-order valence-corrected chi connectivity index (χ2v) is 8.08. The van der Waals surface area contributed by atoms with Crippen molar-refractivity contribution in [1.82, 2.24) is 9.55 Å². The van der Waals surface area contributed by atoms with Crippen LogP contribution in [0.15, 0.2) is 64.5 Å². The molecule has 0 spiro atoms. The number of nitrogens with one attached hydrogen (secondary N) is 1. The molecule has 4 aromatic rings. The SMILES string of the molecule is Cc1c(C=Nc2ccc(N(C)C)cc2)c(O)n(CCc2c[nH]c3ccccc23)c(=O)c1C#N. The third kappa shape index (κ3) is 4.23. The summed E-state index contributed by atoms with van der Waals surface area (Å²) in [5, 5.41) is 21.6. The number of pyridine rings is 1. The first-order chi connectivity index (χ1) is 15.9. The molecule has 2 aromatic carbocycles. The van der Waals surface area contributed by atoms with Crippen LogP contribution in [0.5, 0.6) is 5.88 Å². The minimum absolute atomic E-state index is 0.0103. The fourth-order valence-electron chi connectivity index (χ4n) is 3.88. The van der Waals surface area contributed by atoms with E-state index in [-0.39, 0.29) is 18.0 Å². The van der Waals surface area contributed by atoms with Gasteiger partial charge in [-0.25, -0.2) is 0 Å². The topological polar surface area (TPSA) is 97.4 Å². The van der Waals surface area contributed by atoms with Crippen LogP contribution in [0.25, 0.3) is 10.9 Å². The summed E-state index contributed by atoms with van der Waals surface area (Å²) in [7, 11) is 3.92. The van der Waals surface area contributed by atoms with E-state index in [0.717, 1.165) is 22.2 Å². The van der Waals surface area contributed by atoms with Gasteiger partial charge in [-0.3, -0.25) is 14.4 Å². The van der Waals surface area contributed by atoms with Crippen LogP contribution < -0.4 is 10.5 Å². The number of hydrogen-bond acceptors (Lipinski definition) is 5. The lowest BCUT2D eigenvalue weighted by atomic mass is 10.1. The number of anilines is 1. The van der Waals surface area contributed by atoms with Gasteiger partial charge in [-0.15, -0.1) is 0 Å². The van der Waals surface area contributed by atoms with Gasteiger partial charge in [0.25, 0.3) is 5.56 Å². The normalized spacial score (nSPS) is 11.2. The standard InChI is InChI=1S/C26H25N5O2/c1-17-22(14-27)25(32)31(13-12-18-15-29-24-7-5-4-6-21(18)24)26(33)23(17)16-28-19-8-10-20(11-9-19)30(2)3/h4-11,15-16,29,33H,12-13H2,1-3H3. The number of para-hydroxylation sites is 1. The number of aliphatic imine (C=N–C) groups is 1. The quantitative estimate of drug-likeness (QED) is 0.438. The van der Waals surface area contributed by atoms with E-state index in [1.165, 1.54) is 10.8 Å². The summed E-state index contributed by atoms with van der Waals surface area (Å²) in [6.45, 7) is 1.89. The van der Waals surface area contributed by atoms with Gasteiger partial charge in [-0.1, -0.05) is 18.2 Å². The number of nitrogens with zero attached hydrogens (tertiary/aromatic N) is 4. The van der Waals surface area contributed by atoms with Crippen LogP contribution in [0, 0.1) is 18.3 Å². The van der Waals surface area contributed by atoms with Gasteiger partial charge in [-0.05, 0) is 54.8 Å². The second-order valence-electron chi connectivity index (χ2n) is 8.08. The van der Waals surface area contributed by atoms with Gasteiger partial charge in [0.1, 0.15) is 11.6 Å². The Kier molecular flexibility index (Phi) is 6.01. The van der Waals surface area contributed by atoms with Gasteiger partial charge >= 0.3 is 0 Å². The van der Waals surface area contributed by atoms with Crippen LogP contribution in [0.2, 0.25) is 0 Å². The molecule has 7 heteroatoms. The van der Waals surface area contributed by atoms with Crippen molar-refractivity contribution >= 4 is 28.5 Å². The molecule has 33 heavy (non-hydrogen) atoms. The number of aromatic hydroxyl groups is 1. The van der Waals surface area contributed by atoms with Crippen LogP contribution in [0.1, 0.15) is 22.3 Å². The summed E-state index contributed by atoms with van der Waals surface area (Å²) in [4.78, 5) is 22.6. The minimum Gasteiger partial charge on any atom is -0.494 e. The number of aromatic nitrogens is 2. The molecular weight excluding hydrogens is 414 g/mol. The second kappa shape index (κ2) is 9.05. The minimum atomic E-state index is -0.500. The fraction of sp³-hybridized carbons (Fsp3) is 0.192. The molecule has 0 atom stereocenters. The van der Waals surface area contributed by atoms with E-state index in [1.54, 1.807) is 6.92 Å². The van der Waals surface area contributed by atoms with Crippen molar-refractivity contribution in [3.05, 3.63) is 87.3 Å². The summed E-state index contributed by atoms with van der Waals surface area (Å²) in [6.07, 6.45) is 3.94. The molecule has 0 bridgehead atoms. The molecule has 0 saturated heterocycles. The van der Waals surface area contributed by atoms with Gasteiger partial charge in [0, 0.05) is 49.6 Å². The predicted octanol–water partition coefficient (Wildman–Crippen LogP) is 4.27. The molecule has 2 heterocycles. The Labute approximate surface area is 191 Å². The number of benzene rings is 2. The largest absolute Gasteiger partial charge is 0.494 e. The molecule has 2 N–H and O–H groups in total. The molecule has 0 amide bonds. The van der Waals surface area contributed by atoms with E-state index in [4.69, 9.17) is 0 Å². The first-order valence-electron chi connectivity index (χ1n) is 10.6. The van der Waals surface area contributed by atoms with Crippen molar-refractivity contribution in [3.63, 3.8) is 0 Å². The monoisotopic (exact) mass is 439 g/mol. The molecule has 0 fully saturated rings. The summed E-state index contributed by atoms with van der Waals surface area (Å²) in [6, 6.07) is 17.5. The van der Waals surface area contributed by atoms with Crippen LogP contribution >= 0.6 is 0 Å². The van der Waals surface area contributed by atoms with Gasteiger partial charge in [-0.2, -0.15) is 5.26 Å². The summed E-state index contributed by atoms with van der Waals surface area (Å²) >= 11 is 0. The van der Waals surface area contributed by atoms with E-state index >= 15 is 0 Å². The maximum Gasteiger partial charge on any atom is 0.271 e. The number of aromatic amines is 1. The van der Waals surface area contributed by atoms with E-state index < -0.39 is 5.56 Å². The average molecular weight is 440 g/mol. The Hall–Kier alpha value is -4.31. The number of fused-ring (bicyclic) bond motifs is 1. The molecule has 4 rings (SSSR count). The fourth-order valence-corrected chi connectivity index (χ4v) is 3.88. The zero-order valence-corrected chi connectivity index (χ0v) is 18.8. The van der Waals surface area contributed by atoms with Gasteiger partial charge in [0.15, 0.2) is 0 Å². The molecular formula is C26H25N5O2. The molecule has 0 saturated carbocycles. The van der Waals surface area contributed by atoms with Crippen LogP contribution in [0.4, 0.5) is 11.4 Å². The average Bonchev–Trinajstić information content (AvgIpc) is 3.22. The number of rotatable bonds is 6. The van der Waals surface area contributed by atoms with Crippen LogP contribution in [-0.4, -0.2) is 35.0 Å². The lowest BCUT2D eigenvalue weighted by Crippen LogP contribution is -2.26.